The largest absolute Gasteiger partial charge is 0.493 e. The number of nitrogens with zero attached hydrogens (tertiary/aromatic N) is 1. The SMILES string of the molecule is COc1ccc(-c2csc(NC(=O)c3ccc(Cc4ccccc4)cc3)n2)cc1OC. The highest BCUT2D eigenvalue weighted by atomic mass is 32.1. The van der Waals surface area contributed by atoms with Gasteiger partial charge in [0.25, 0.3) is 5.91 Å². The summed E-state index contributed by atoms with van der Waals surface area (Å²) in [5.41, 5.74) is 4.65. The molecule has 6 heteroatoms. The van der Waals surface area contributed by atoms with Crippen LogP contribution in [0, 0.1) is 0 Å². The monoisotopic (exact) mass is 430 g/mol. The van der Waals surface area contributed by atoms with Crippen molar-refractivity contribution in [2.75, 3.05) is 19.5 Å². The van der Waals surface area contributed by atoms with Gasteiger partial charge in [-0.15, -0.1) is 11.3 Å². The van der Waals surface area contributed by atoms with Gasteiger partial charge in [0.05, 0.1) is 19.9 Å². The van der Waals surface area contributed by atoms with Crippen LogP contribution in [0.1, 0.15) is 21.5 Å². The summed E-state index contributed by atoms with van der Waals surface area (Å²) in [4.78, 5) is 17.2. The molecule has 3 aromatic carbocycles. The van der Waals surface area contributed by atoms with Crippen LogP contribution in [0.4, 0.5) is 5.13 Å². The molecule has 0 aliphatic heterocycles. The Morgan fingerprint density at radius 3 is 2.32 bits per heavy atom. The average Bonchev–Trinajstić information content (AvgIpc) is 3.28. The number of anilines is 1. The molecule has 1 aromatic heterocycles. The number of methoxy groups -OCH3 is 2. The van der Waals surface area contributed by atoms with Gasteiger partial charge < -0.3 is 9.47 Å². The van der Waals surface area contributed by atoms with Crippen molar-refractivity contribution in [1.29, 1.82) is 0 Å². The van der Waals surface area contributed by atoms with E-state index in [2.05, 4.69) is 22.4 Å². The lowest BCUT2D eigenvalue weighted by Crippen LogP contribution is -2.11. The Balaban J connectivity index is 1.43. The number of amides is 1. The molecule has 0 unspecified atom stereocenters. The van der Waals surface area contributed by atoms with E-state index in [0.29, 0.717) is 22.2 Å². The second-order valence-electron chi connectivity index (χ2n) is 6.92. The maximum absolute atomic E-state index is 12.6. The molecule has 0 fully saturated rings. The predicted molar refractivity (Wildman–Crippen MR) is 124 cm³/mol. The molecule has 0 spiro atoms. The second kappa shape index (κ2) is 9.45. The van der Waals surface area contributed by atoms with Crippen molar-refractivity contribution in [3.8, 4) is 22.8 Å². The van der Waals surface area contributed by atoms with Crippen molar-refractivity contribution in [2.45, 2.75) is 6.42 Å². The minimum absolute atomic E-state index is 0.181. The summed E-state index contributed by atoms with van der Waals surface area (Å²) in [5, 5.41) is 5.33. The minimum atomic E-state index is -0.181. The molecule has 0 saturated heterocycles. The van der Waals surface area contributed by atoms with Crippen molar-refractivity contribution in [3.05, 3.63) is 94.9 Å². The Bertz CT molecular complexity index is 1170. The number of nitrogens with one attached hydrogen (secondary N) is 1. The lowest BCUT2D eigenvalue weighted by atomic mass is 10.0. The Labute approximate surface area is 185 Å². The quantitative estimate of drug-likeness (QED) is 0.410. The molecule has 0 atom stereocenters. The average molecular weight is 431 g/mol. The lowest BCUT2D eigenvalue weighted by Gasteiger charge is -2.08. The van der Waals surface area contributed by atoms with Crippen LogP contribution >= 0.6 is 11.3 Å². The highest BCUT2D eigenvalue weighted by Crippen LogP contribution is 2.33. The Kier molecular flexibility index (Phi) is 6.29. The molecule has 4 rings (SSSR count). The zero-order valence-corrected chi connectivity index (χ0v) is 18.1. The van der Waals surface area contributed by atoms with Crippen molar-refractivity contribution in [2.24, 2.45) is 0 Å². The number of hydrogen-bond acceptors (Lipinski definition) is 5. The van der Waals surface area contributed by atoms with Crippen LogP contribution in [0.25, 0.3) is 11.3 Å². The van der Waals surface area contributed by atoms with Gasteiger partial charge in [-0.2, -0.15) is 0 Å². The third-order valence-corrected chi connectivity index (χ3v) is 5.63. The van der Waals surface area contributed by atoms with Crippen LogP contribution in [0.3, 0.4) is 0 Å². The van der Waals surface area contributed by atoms with Gasteiger partial charge in [-0.3, -0.25) is 10.1 Å². The summed E-state index contributed by atoms with van der Waals surface area (Å²) in [7, 11) is 3.20. The fraction of sp³-hybridized carbons (Fsp3) is 0.120. The van der Waals surface area contributed by atoms with Gasteiger partial charge in [-0.05, 0) is 47.9 Å². The summed E-state index contributed by atoms with van der Waals surface area (Å²) in [5.74, 6) is 1.11. The lowest BCUT2D eigenvalue weighted by molar-refractivity contribution is 0.102. The summed E-state index contributed by atoms with van der Waals surface area (Å²) < 4.78 is 10.6. The summed E-state index contributed by atoms with van der Waals surface area (Å²) in [6.45, 7) is 0. The van der Waals surface area contributed by atoms with E-state index in [9.17, 15) is 4.79 Å². The summed E-state index contributed by atoms with van der Waals surface area (Å²) in [6, 6.07) is 23.5. The first-order valence-corrected chi connectivity index (χ1v) is 10.7. The Morgan fingerprint density at radius 2 is 1.61 bits per heavy atom. The number of carbonyl (C=O) groups excluding carboxylic acids is 1. The van der Waals surface area contributed by atoms with Crippen LogP contribution in [0.5, 0.6) is 11.5 Å². The number of aromatic nitrogens is 1. The molecule has 1 amide bonds. The molecule has 0 radical (unpaired) electrons. The van der Waals surface area contributed by atoms with Crippen molar-refractivity contribution < 1.29 is 14.3 Å². The Morgan fingerprint density at radius 1 is 0.903 bits per heavy atom. The first-order chi connectivity index (χ1) is 15.2. The van der Waals surface area contributed by atoms with Crippen LogP contribution in [-0.2, 0) is 6.42 Å². The van der Waals surface area contributed by atoms with E-state index in [4.69, 9.17) is 9.47 Å². The van der Waals surface area contributed by atoms with Gasteiger partial charge in [-0.25, -0.2) is 4.98 Å². The summed E-state index contributed by atoms with van der Waals surface area (Å²) >= 11 is 1.38. The van der Waals surface area contributed by atoms with Gasteiger partial charge in [0.2, 0.25) is 0 Å². The van der Waals surface area contributed by atoms with Gasteiger partial charge in [0.15, 0.2) is 16.6 Å². The van der Waals surface area contributed by atoms with Gasteiger partial charge in [0.1, 0.15) is 0 Å². The third kappa shape index (κ3) is 4.92. The first kappa shape index (κ1) is 20.6. The molecule has 0 aliphatic carbocycles. The Hall–Kier alpha value is -3.64. The third-order valence-electron chi connectivity index (χ3n) is 4.87. The molecular weight excluding hydrogens is 408 g/mol. The number of ether oxygens (including phenoxy) is 2. The second-order valence-corrected chi connectivity index (χ2v) is 7.78. The topological polar surface area (TPSA) is 60.5 Å². The van der Waals surface area contributed by atoms with Gasteiger partial charge in [0, 0.05) is 16.5 Å². The van der Waals surface area contributed by atoms with Crippen LogP contribution in [0.2, 0.25) is 0 Å². The van der Waals surface area contributed by atoms with E-state index in [1.54, 1.807) is 14.2 Å². The molecule has 1 heterocycles. The van der Waals surface area contributed by atoms with Crippen molar-refractivity contribution >= 4 is 22.4 Å². The summed E-state index contributed by atoms with van der Waals surface area (Å²) in [6.07, 6.45) is 0.837. The van der Waals surface area contributed by atoms with E-state index in [-0.39, 0.29) is 5.91 Å². The molecule has 5 nitrogen and oxygen atoms in total. The van der Waals surface area contributed by atoms with E-state index in [1.807, 2.05) is 66.0 Å². The van der Waals surface area contributed by atoms with Gasteiger partial charge in [-0.1, -0.05) is 42.5 Å². The standard InChI is InChI=1S/C25H22N2O3S/c1-29-22-13-12-20(15-23(22)30-2)21-16-31-25(26-21)27-24(28)19-10-8-18(9-11-19)14-17-6-4-3-5-7-17/h3-13,15-16H,14H2,1-2H3,(H,26,27,28). The van der Waals surface area contributed by atoms with E-state index >= 15 is 0 Å². The fourth-order valence-electron chi connectivity index (χ4n) is 3.23. The van der Waals surface area contributed by atoms with Crippen molar-refractivity contribution in [1.82, 2.24) is 4.98 Å². The number of thiazole rings is 1. The van der Waals surface area contributed by atoms with Crippen LogP contribution < -0.4 is 14.8 Å². The number of rotatable bonds is 7. The number of hydrogen-bond donors (Lipinski definition) is 1. The highest BCUT2D eigenvalue weighted by molar-refractivity contribution is 7.14. The van der Waals surface area contributed by atoms with Crippen LogP contribution in [-0.4, -0.2) is 25.1 Å². The molecule has 156 valence electrons. The first-order valence-electron chi connectivity index (χ1n) is 9.78. The fourth-order valence-corrected chi connectivity index (χ4v) is 3.95. The van der Waals surface area contributed by atoms with E-state index in [1.165, 1.54) is 16.9 Å². The molecule has 0 bridgehead atoms. The zero-order chi connectivity index (χ0) is 21.6. The predicted octanol–water partition coefficient (Wildman–Crippen LogP) is 5.67. The molecule has 4 aromatic rings. The maximum atomic E-state index is 12.6. The van der Waals surface area contributed by atoms with Crippen LogP contribution in [0.15, 0.2) is 78.2 Å². The molecule has 0 aliphatic rings. The normalized spacial score (nSPS) is 10.5. The van der Waals surface area contributed by atoms with Gasteiger partial charge >= 0.3 is 0 Å². The molecule has 31 heavy (non-hydrogen) atoms. The van der Waals surface area contributed by atoms with Crippen molar-refractivity contribution in [3.63, 3.8) is 0 Å². The number of benzene rings is 3. The molecule has 1 N–H and O–H groups in total. The maximum Gasteiger partial charge on any atom is 0.257 e. The highest BCUT2D eigenvalue weighted by Gasteiger charge is 2.12. The molecular formula is C25H22N2O3S. The number of carbonyl (C=O) groups is 1. The smallest absolute Gasteiger partial charge is 0.257 e. The van der Waals surface area contributed by atoms with E-state index < -0.39 is 0 Å². The zero-order valence-electron chi connectivity index (χ0n) is 17.3. The minimum Gasteiger partial charge on any atom is -0.493 e. The van der Waals surface area contributed by atoms with E-state index in [0.717, 1.165) is 23.2 Å². The molecule has 0 saturated carbocycles.